The molecule has 1 rings (SSSR count). The van der Waals surface area contributed by atoms with E-state index >= 15 is 0 Å². The average molecular weight is 227 g/mol. The third-order valence-electron chi connectivity index (χ3n) is 2.90. The lowest BCUT2D eigenvalue weighted by atomic mass is 9.97. The smallest absolute Gasteiger partial charge is 0.252 e. The molecule has 1 aliphatic heterocycles. The van der Waals surface area contributed by atoms with Gasteiger partial charge in [0.15, 0.2) is 6.10 Å². The Balaban J connectivity index is 2.39. The number of nitrogens with one attached hydrogen (secondary N) is 1. The van der Waals surface area contributed by atoms with Gasteiger partial charge < -0.3 is 14.8 Å². The first kappa shape index (κ1) is 13.2. The van der Waals surface area contributed by atoms with Crippen molar-refractivity contribution in [1.82, 2.24) is 5.32 Å². The Hall–Kier alpha value is -0.870. The van der Waals surface area contributed by atoms with Crippen molar-refractivity contribution in [3.8, 4) is 0 Å². The molecule has 0 aromatic heterocycles. The first-order valence-corrected chi connectivity index (χ1v) is 5.82. The molecular formula is C12H21NO3. The zero-order chi connectivity index (χ0) is 12.0. The summed E-state index contributed by atoms with van der Waals surface area (Å²) in [7, 11) is 1.55. The first-order chi connectivity index (χ1) is 7.72. The average Bonchev–Trinajstić information content (AvgIpc) is 2.29. The Labute approximate surface area is 97.0 Å². The van der Waals surface area contributed by atoms with Crippen LogP contribution in [0.15, 0.2) is 12.2 Å². The second-order valence-corrected chi connectivity index (χ2v) is 3.99. The largest absolute Gasteiger partial charge is 0.359 e. The predicted octanol–water partition coefficient (Wildman–Crippen LogP) is 1.47. The maximum atomic E-state index is 11.2. The van der Waals surface area contributed by atoms with Crippen LogP contribution >= 0.6 is 0 Å². The molecule has 1 amide bonds. The van der Waals surface area contributed by atoms with Gasteiger partial charge in [0.25, 0.3) is 5.91 Å². The van der Waals surface area contributed by atoms with E-state index in [1.54, 1.807) is 7.11 Å². The Bertz CT molecular complexity index is 249. The van der Waals surface area contributed by atoms with Crippen molar-refractivity contribution < 1.29 is 14.3 Å². The summed E-state index contributed by atoms with van der Waals surface area (Å²) in [5.41, 5.74) is 0. The van der Waals surface area contributed by atoms with Gasteiger partial charge in [0.2, 0.25) is 0 Å². The van der Waals surface area contributed by atoms with Crippen LogP contribution in [0.1, 0.15) is 26.7 Å². The van der Waals surface area contributed by atoms with Crippen LogP contribution < -0.4 is 5.32 Å². The van der Waals surface area contributed by atoms with Crippen LogP contribution in [-0.2, 0) is 14.3 Å². The number of methoxy groups -OCH3 is 1. The normalized spacial score (nSPS) is 24.9. The number of carbonyl (C=O) groups is 1. The van der Waals surface area contributed by atoms with E-state index in [4.69, 9.17) is 9.47 Å². The molecular weight excluding hydrogens is 206 g/mol. The van der Waals surface area contributed by atoms with Crippen LogP contribution in [0.2, 0.25) is 0 Å². The molecule has 4 nitrogen and oxygen atoms in total. The van der Waals surface area contributed by atoms with E-state index in [2.05, 4.69) is 25.2 Å². The van der Waals surface area contributed by atoms with E-state index < -0.39 is 0 Å². The van der Waals surface area contributed by atoms with Gasteiger partial charge in [0.05, 0.1) is 6.04 Å². The number of hydrogen-bond acceptors (Lipinski definition) is 3. The van der Waals surface area contributed by atoms with E-state index in [-0.39, 0.29) is 24.8 Å². The summed E-state index contributed by atoms with van der Waals surface area (Å²) in [6, 6.07) is 0.00301. The molecule has 2 atom stereocenters. The van der Waals surface area contributed by atoms with Gasteiger partial charge in [-0.05, 0) is 18.8 Å². The van der Waals surface area contributed by atoms with E-state index in [1.165, 1.54) is 0 Å². The summed E-state index contributed by atoms with van der Waals surface area (Å²) in [4.78, 5) is 11.2. The second kappa shape index (κ2) is 6.66. The van der Waals surface area contributed by atoms with Crippen molar-refractivity contribution in [3.05, 3.63) is 12.2 Å². The van der Waals surface area contributed by atoms with Crippen LogP contribution in [0.25, 0.3) is 0 Å². The van der Waals surface area contributed by atoms with E-state index in [0.717, 1.165) is 12.8 Å². The van der Waals surface area contributed by atoms with Crippen molar-refractivity contribution in [1.29, 1.82) is 0 Å². The number of rotatable bonds is 7. The summed E-state index contributed by atoms with van der Waals surface area (Å²) in [5.74, 6) is 0.525. The highest BCUT2D eigenvalue weighted by Crippen LogP contribution is 2.15. The molecule has 1 aliphatic rings. The van der Waals surface area contributed by atoms with Crippen LogP contribution in [0.3, 0.4) is 0 Å². The first-order valence-electron chi connectivity index (χ1n) is 5.82. The van der Waals surface area contributed by atoms with Gasteiger partial charge in [-0.3, -0.25) is 4.79 Å². The quantitative estimate of drug-likeness (QED) is 0.407. The molecule has 1 N–H and O–H groups in total. The maximum absolute atomic E-state index is 11.2. The summed E-state index contributed by atoms with van der Waals surface area (Å²) in [6.07, 6.45) is 6.05. The Morgan fingerprint density at radius 1 is 1.44 bits per heavy atom. The third kappa shape index (κ3) is 3.32. The Kier molecular flexibility index (Phi) is 5.49. The fourth-order valence-electron chi connectivity index (χ4n) is 1.70. The number of β-lactam (4-membered cyclic amide) rings is 1. The Morgan fingerprint density at radius 2 is 2.12 bits per heavy atom. The molecule has 0 bridgehead atoms. The highest BCUT2D eigenvalue weighted by molar-refractivity contribution is 5.89. The standard InChI is InChI=1S/C12H21NO3/c1-4-9(5-2)6-7-10-11(12(14)13-10)16-8-15-3/h6-7,9-11H,4-5,8H2,1-3H3,(H,13,14)/b7-6+. The molecule has 16 heavy (non-hydrogen) atoms. The summed E-state index contributed by atoms with van der Waals surface area (Å²) in [6.45, 7) is 4.49. The summed E-state index contributed by atoms with van der Waals surface area (Å²) in [5, 5.41) is 2.80. The number of amides is 1. The van der Waals surface area contributed by atoms with Gasteiger partial charge in [0.1, 0.15) is 6.79 Å². The van der Waals surface area contributed by atoms with Gasteiger partial charge in [-0.15, -0.1) is 0 Å². The van der Waals surface area contributed by atoms with Crippen molar-refractivity contribution in [3.63, 3.8) is 0 Å². The number of allylic oxidation sites excluding steroid dienone is 1. The molecule has 0 radical (unpaired) electrons. The molecule has 1 saturated heterocycles. The summed E-state index contributed by atoms with van der Waals surface area (Å²) < 4.78 is 10.1. The van der Waals surface area contributed by atoms with Gasteiger partial charge in [0, 0.05) is 7.11 Å². The highest BCUT2D eigenvalue weighted by Gasteiger charge is 2.38. The molecule has 4 heteroatoms. The molecule has 2 unspecified atom stereocenters. The van der Waals surface area contributed by atoms with Crippen molar-refractivity contribution in [2.45, 2.75) is 38.8 Å². The zero-order valence-electron chi connectivity index (χ0n) is 10.2. The third-order valence-corrected chi connectivity index (χ3v) is 2.90. The van der Waals surface area contributed by atoms with Crippen molar-refractivity contribution in [2.75, 3.05) is 13.9 Å². The molecule has 0 saturated carbocycles. The van der Waals surface area contributed by atoms with E-state index in [1.807, 2.05) is 6.08 Å². The second-order valence-electron chi connectivity index (χ2n) is 3.99. The maximum Gasteiger partial charge on any atom is 0.252 e. The molecule has 0 aromatic carbocycles. The van der Waals surface area contributed by atoms with Crippen molar-refractivity contribution >= 4 is 5.91 Å². The van der Waals surface area contributed by atoms with Gasteiger partial charge in [-0.25, -0.2) is 0 Å². The van der Waals surface area contributed by atoms with Crippen LogP contribution in [0.5, 0.6) is 0 Å². The number of carbonyl (C=O) groups excluding carboxylic acids is 1. The SMILES string of the molecule is CCC(/C=C/C1NC(=O)C1OCOC)CC. The minimum Gasteiger partial charge on any atom is -0.359 e. The molecule has 1 fully saturated rings. The Morgan fingerprint density at radius 3 is 2.62 bits per heavy atom. The lowest BCUT2D eigenvalue weighted by molar-refractivity contribution is -0.157. The van der Waals surface area contributed by atoms with Gasteiger partial charge >= 0.3 is 0 Å². The lowest BCUT2D eigenvalue weighted by Gasteiger charge is -2.34. The summed E-state index contributed by atoms with van der Waals surface area (Å²) >= 11 is 0. The number of ether oxygens (including phenoxy) is 2. The zero-order valence-corrected chi connectivity index (χ0v) is 10.2. The monoisotopic (exact) mass is 227 g/mol. The molecule has 0 aliphatic carbocycles. The van der Waals surface area contributed by atoms with Gasteiger partial charge in [-0.1, -0.05) is 26.0 Å². The predicted molar refractivity (Wildman–Crippen MR) is 61.9 cm³/mol. The molecule has 1 heterocycles. The number of hydrogen-bond donors (Lipinski definition) is 1. The topological polar surface area (TPSA) is 47.6 Å². The molecule has 0 aromatic rings. The fourth-order valence-corrected chi connectivity index (χ4v) is 1.70. The minimum absolute atomic E-state index is 0.00301. The molecule has 0 spiro atoms. The van der Waals surface area contributed by atoms with Crippen LogP contribution in [0.4, 0.5) is 0 Å². The van der Waals surface area contributed by atoms with Crippen LogP contribution in [-0.4, -0.2) is 32.0 Å². The van der Waals surface area contributed by atoms with Gasteiger partial charge in [-0.2, -0.15) is 0 Å². The minimum atomic E-state index is -0.384. The van der Waals surface area contributed by atoms with E-state index in [9.17, 15) is 4.79 Å². The van der Waals surface area contributed by atoms with E-state index in [0.29, 0.717) is 5.92 Å². The lowest BCUT2D eigenvalue weighted by Crippen LogP contribution is -2.62. The van der Waals surface area contributed by atoms with Crippen molar-refractivity contribution in [2.24, 2.45) is 5.92 Å². The highest BCUT2D eigenvalue weighted by atomic mass is 16.7. The molecule has 92 valence electrons. The van der Waals surface area contributed by atoms with Crippen LogP contribution in [0, 0.1) is 5.92 Å². The fraction of sp³-hybridized carbons (Fsp3) is 0.750.